The quantitative estimate of drug-likeness (QED) is 0.315. The van der Waals surface area contributed by atoms with E-state index in [-0.39, 0.29) is 39.0 Å². The molecule has 0 bridgehead atoms. The minimum Gasteiger partial charge on any atom is -0.361 e. The fourth-order valence-corrected chi connectivity index (χ4v) is 5.21. The number of benzene rings is 1. The van der Waals surface area contributed by atoms with E-state index in [2.05, 4.69) is 31.9 Å². The number of rotatable bonds is 7. The highest BCUT2D eigenvalue weighted by molar-refractivity contribution is 7.89. The van der Waals surface area contributed by atoms with Gasteiger partial charge in [0, 0.05) is 38.4 Å². The van der Waals surface area contributed by atoms with Gasteiger partial charge < -0.3 is 15.2 Å². The Morgan fingerprint density at radius 1 is 1.36 bits per heavy atom. The van der Waals surface area contributed by atoms with E-state index in [1.807, 2.05) is 0 Å². The van der Waals surface area contributed by atoms with Gasteiger partial charge in [-0.3, -0.25) is 9.59 Å². The second-order valence-corrected chi connectivity index (χ2v) is 10.8. The van der Waals surface area contributed by atoms with Gasteiger partial charge in [0.25, 0.3) is 5.56 Å². The van der Waals surface area contributed by atoms with Crippen LogP contribution in [0.2, 0.25) is 5.02 Å². The summed E-state index contributed by atoms with van der Waals surface area (Å²) in [6, 6.07) is 2.52. The Morgan fingerprint density at radius 3 is 2.69 bits per heavy atom. The number of nitrogens with zero attached hydrogens (tertiary/aromatic N) is 5. The van der Waals surface area contributed by atoms with E-state index in [4.69, 9.17) is 16.7 Å². The number of hydrogen-bond donors (Lipinski definition) is 3. The van der Waals surface area contributed by atoms with Crippen molar-refractivity contribution < 1.29 is 13.2 Å². The van der Waals surface area contributed by atoms with Gasteiger partial charge in [0.15, 0.2) is 16.6 Å². The van der Waals surface area contributed by atoms with Crippen LogP contribution in [-0.2, 0) is 21.2 Å². The standard InChI is InChI=1S/C21H21ClN8O4S2/c1-5-11-6-13(36(23,33)34)8-14(22)17(11)30-18-16(19(28-30)29(3)4)20(32)27-15(26-18)7-12-9-35-21(25-12)24-10(2)31/h5-6,8-9H,1,7H2,2-4H3,(H2,23,33,34)(H,24,25,31)(H,26,27,32). The predicted molar refractivity (Wildman–Crippen MR) is 140 cm³/mol. The molecule has 12 nitrogen and oxygen atoms in total. The molecule has 0 fully saturated rings. The molecule has 0 saturated carbocycles. The van der Waals surface area contributed by atoms with Crippen LogP contribution in [0.1, 0.15) is 24.0 Å². The van der Waals surface area contributed by atoms with Crippen molar-refractivity contribution in [1.29, 1.82) is 0 Å². The fourth-order valence-electron chi connectivity index (χ4n) is 3.51. The zero-order chi connectivity index (χ0) is 26.4. The van der Waals surface area contributed by atoms with Gasteiger partial charge in [-0.2, -0.15) is 0 Å². The third-order valence-corrected chi connectivity index (χ3v) is 6.99. The molecule has 36 heavy (non-hydrogen) atoms. The molecule has 0 saturated heterocycles. The molecular weight excluding hydrogens is 528 g/mol. The normalized spacial score (nSPS) is 11.6. The summed E-state index contributed by atoms with van der Waals surface area (Å²) >= 11 is 7.75. The third-order valence-electron chi connectivity index (χ3n) is 5.00. The number of halogens is 1. The first kappa shape index (κ1) is 25.5. The largest absolute Gasteiger partial charge is 0.361 e. The van der Waals surface area contributed by atoms with Crippen LogP contribution in [0, 0.1) is 0 Å². The first-order valence-corrected chi connectivity index (χ1v) is 13.1. The van der Waals surface area contributed by atoms with Crippen LogP contribution >= 0.6 is 22.9 Å². The predicted octanol–water partition coefficient (Wildman–Crippen LogP) is 2.12. The van der Waals surface area contributed by atoms with Crippen molar-refractivity contribution in [2.45, 2.75) is 18.2 Å². The van der Waals surface area contributed by atoms with Crippen molar-refractivity contribution in [3.05, 3.63) is 56.5 Å². The summed E-state index contributed by atoms with van der Waals surface area (Å²) in [5, 5.41) is 14.9. The Kier molecular flexibility index (Phi) is 6.70. The number of amides is 1. The Morgan fingerprint density at radius 2 is 2.08 bits per heavy atom. The average Bonchev–Trinajstić information content (AvgIpc) is 3.36. The van der Waals surface area contributed by atoms with Crippen molar-refractivity contribution in [2.24, 2.45) is 5.14 Å². The molecule has 3 aromatic heterocycles. The number of H-pyrrole nitrogens is 1. The molecule has 15 heteroatoms. The number of sulfonamides is 1. The van der Waals surface area contributed by atoms with Crippen LogP contribution in [0.15, 0.2) is 33.8 Å². The third kappa shape index (κ3) is 4.88. The molecule has 188 valence electrons. The molecule has 3 heterocycles. The number of aromatic amines is 1. The number of aromatic nitrogens is 5. The van der Waals surface area contributed by atoms with E-state index in [9.17, 15) is 18.0 Å². The summed E-state index contributed by atoms with van der Waals surface area (Å²) in [7, 11) is -0.593. The molecule has 0 aliphatic carbocycles. The number of nitrogens with two attached hydrogens (primary N) is 1. The van der Waals surface area contributed by atoms with E-state index in [0.717, 1.165) is 0 Å². The monoisotopic (exact) mass is 548 g/mol. The van der Waals surface area contributed by atoms with Crippen LogP contribution < -0.4 is 20.9 Å². The van der Waals surface area contributed by atoms with Crippen molar-refractivity contribution in [3.8, 4) is 5.69 Å². The molecule has 4 N–H and O–H groups in total. The van der Waals surface area contributed by atoms with E-state index in [1.54, 1.807) is 24.4 Å². The maximum absolute atomic E-state index is 13.1. The Bertz CT molecular complexity index is 1690. The van der Waals surface area contributed by atoms with Crippen LogP contribution in [-0.4, -0.2) is 53.2 Å². The Hall–Kier alpha value is -3.59. The molecule has 0 atom stereocenters. The van der Waals surface area contributed by atoms with E-state index in [1.165, 1.54) is 41.2 Å². The second-order valence-electron chi connectivity index (χ2n) is 7.94. The first-order valence-electron chi connectivity index (χ1n) is 10.3. The number of thiazole rings is 1. The maximum atomic E-state index is 13.1. The van der Waals surface area contributed by atoms with Gasteiger partial charge in [-0.05, 0) is 12.1 Å². The van der Waals surface area contributed by atoms with Crippen molar-refractivity contribution >= 4 is 66.9 Å². The number of carbonyl (C=O) groups is 1. The highest BCUT2D eigenvalue weighted by atomic mass is 35.5. The number of anilines is 2. The van der Waals surface area contributed by atoms with Crippen LogP contribution in [0.25, 0.3) is 22.8 Å². The van der Waals surface area contributed by atoms with Gasteiger partial charge in [-0.25, -0.2) is 28.2 Å². The molecule has 4 aromatic rings. The summed E-state index contributed by atoms with van der Waals surface area (Å²) < 4.78 is 25.2. The molecular formula is C21H21ClN8O4S2. The minimum atomic E-state index is -4.03. The lowest BCUT2D eigenvalue weighted by atomic mass is 10.1. The van der Waals surface area contributed by atoms with Gasteiger partial charge in [-0.15, -0.1) is 16.4 Å². The van der Waals surface area contributed by atoms with Crippen molar-refractivity contribution in [2.75, 3.05) is 24.3 Å². The summed E-state index contributed by atoms with van der Waals surface area (Å²) in [6.45, 7) is 5.13. The maximum Gasteiger partial charge on any atom is 0.264 e. The molecule has 1 aromatic carbocycles. The number of hydrogen-bond acceptors (Lipinski definition) is 9. The lowest BCUT2D eigenvalue weighted by Gasteiger charge is -2.12. The lowest BCUT2D eigenvalue weighted by Crippen LogP contribution is -2.16. The minimum absolute atomic E-state index is 0.0224. The zero-order valence-corrected chi connectivity index (χ0v) is 21.8. The summed E-state index contributed by atoms with van der Waals surface area (Å²) in [5.74, 6) is 0.386. The van der Waals surface area contributed by atoms with E-state index in [0.29, 0.717) is 28.0 Å². The molecule has 0 spiro atoms. The Labute approximate surface area is 214 Å². The van der Waals surface area contributed by atoms with Crippen molar-refractivity contribution in [3.63, 3.8) is 0 Å². The number of nitrogens with one attached hydrogen (secondary N) is 2. The van der Waals surface area contributed by atoms with Crippen LogP contribution in [0.4, 0.5) is 10.9 Å². The highest BCUT2D eigenvalue weighted by Crippen LogP contribution is 2.32. The summed E-state index contributed by atoms with van der Waals surface area (Å²) in [4.78, 5) is 37.6. The highest BCUT2D eigenvalue weighted by Gasteiger charge is 2.24. The number of carbonyl (C=O) groups excluding carboxylic acids is 1. The van der Waals surface area contributed by atoms with Gasteiger partial charge in [-0.1, -0.05) is 24.3 Å². The second kappa shape index (κ2) is 9.46. The van der Waals surface area contributed by atoms with Gasteiger partial charge in [0.1, 0.15) is 11.2 Å². The summed E-state index contributed by atoms with van der Waals surface area (Å²) in [6.07, 6.45) is 1.59. The molecule has 0 radical (unpaired) electrons. The SMILES string of the molecule is C=Cc1cc(S(N)(=O)=O)cc(Cl)c1-n1nc(N(C)C)c2c(=O)[nH]c(Cc3csc(NC(C)=O)n3)nc21. The van der Waals surface area contributed by atoms with E-state index < -0.39 is 15.6 Å². The first-order chi connectivity index (χ1) is 16.9. The lowest BCUT2D eigenvalue weighted by molar-refractivity contribution is -0.114. The molecule has 4 rings (SSSR count). The van der Waals surface area contributed by atoms with Crippen LogP contribution in [0.3, 0.4) is 0 Å². The Balaban J connectivity index is 1.92. The number of fused-ring (bicyclic) bond motifs is 1. The molecule has 0 unspecified atom stereocenters. The topological polar surface area (TPSA) is 169 Å². The van der Waals surface area contributed by atoms with Crippen LogP contribution in [0.5, 0.6) is 0 Å². The molecule has 0 aliphatic rings. The van der Waals surface area contributed by atoms with Gasteiger partial charge >= 0.3 is 0 Å². The average molecular weight is 549 g/mol. The van der Waals surface area contributed by atoms with Gasteiger partial charge in [0.05, 0.1) is 21.3 Å². The number of primary sulfonamides is 1. The van der Waals surface area contributed by atoms with Crippen molar-refractivity contribution in [1.82, 2.24) is 24.7 Å². The fraction of sp³-hybridized carbons (Fsp3) is 0.190. The zero-order valence-electron chi connectivity index (χ0n) is 19.4. The molecule has 0 aliphatic heterocycles. The summed E-state index contributed by atoms with van der Waals surface area (Å²) in [5.41, 5.74) is 0.961. The smallest absolute Gasteiger partial charge is 0.264 e. The van der Waals surface area contributed by atoms with E-state index >= 15 is 0 Å². The molecule has 1 amide bonds. The van der Waals surface area contributed by atoms with Gasteiger partial charge in [0.2, 0.25) is 15.9 Å².